The van der Waals surface area contributed by atoms with E-state index in [1.807, 2.05) is 58.0 Å². The molecule has 0 aliphatic carbocycles. The summed E-state index contributed by atoms with van der Waals surface area (Å²) in [4.78, 5) is 80.4. The first-order valence-electron chi connectivity index (χ1n) is 22.8. The van der Waals surface area contributed by atoms with Crippen molar-refractivity contribution >= 4 is 62.8 Å². The van der Waals surface area contributed by atoms with Crippen molar-refractivity contribution in [1.82, 2.24) is 20.3 Å². The lowest BCUT2D eigenvalue weighted by Gasteiger charge is -2.26. The molecular weight excluding hydrogens is 891 g/mol. The number of rotatable bonds is 20. The van der Waals surface area contributed by atoms with E-state index in [0.29, 0.717) is 78.9 Å². The minimum atomic E-state index is -4.17. The number of urea groups is 1. The second-order valence-corrected chi connectivity index (χ2v) is 19.6. The Bertz CT molecular complexity index is 2560. The summed E-state index contributed by atoms with van der Waals surface area (Å²) < 4.78 is 33.4. The molecule has 1 fully saturated rings. The summed E-state index contributed by atoms with van der Waals surface area (Å²) in [5, 5.41) is 13.8. The van der Waals surface area contributed by atoms with E-state index in [1.165, 1.54) is 12.1 Å². The van der Waals surface area contributed by atoms with Crippen LogP contribution in [-0.4, -0.2) is 86.2 Å². The van der Waals surface area contributed by atoms with Gasteiger partial charge in [0.2, 0.25) is 17.7 Å². The second-order valence-electron chi connectivity index (χ2n) is 17.7. The lowest BCUT2D eigenvalue weighted by molar-refractivity contribution is -0.132. The van der Waals surface area contributed by atoms with Crippen LogP contribution >= 0.6 is 0 Å². The number of unbranched alkanes of at least 4 members (excludes halogenated alkanes) is 1. The summed E-state index contributed by atoms with van der Waals surface area (Å²) in [6.45, 7) is 8.11. The van der Waals surface area contributed by atoms with E-state index in [1.54, 1.807) is 59.5 Å². The zero-order valence-electron chi connectivity index (χ0n) is 38.7. The molecule has 18 nitrogen and oxygen atoms in total. The minimum Gasteiger partial charge on any atom is -0.444 e. The fourth-order valence-electron chi connectivity index (χ4n) is 7.85. The van der Waals surface area contributed by atoms with Crippen molar-refractivity contribution in [3.63, 3.8) is 0 Å². The van der Waals surface area contributed by atoms with Gasteiger partial charge in [-0.2, -0.15) is 0 Å². The molecule has 7 amide bonds. The van der Waals surface area contributed by atoms with E-state index >= 15 is 0 Å². The van der Waals surface area contributed by atoms with E-state index in [9.17, 15) is 37.2 Å². The number of carbonyl (C=O) groups excluding carboxylic acids is 6. The third kappa shape index (κ3) is 12.8. The van der Waals surface area contributed by atoms with Gasteiger partial charge in [-0.3, -0.25) is 24.5 Å². The first kappa shape index (κ1) is 50.6. The molecule has 4 atom stereocenters. The number of benzene rings is 4. The molecule has 6 rings (SSSR count). The van der Waals surface area contributed by atoms with Crippen LogP contribution in [0.1, 0.15) is 86.5 Å². The molecule has 0 saturated carbocycles. The van der Waals surface area contributed by atoms with Crippen molar-refractivity contribution in [2.75, 3.05) is 35.2 Å². The van der Waals surface area contributed by atoms with E-state index in [2.05, 4.69) is 26.6 Å². The lowest BCUT2D eigenvalue weighted by Crippen LogP contribution is -2.56. The maximum Gasteiger partial charge on any atom is 0.411 e. The Balaban J connectivity index is 0.988. The van der Waals surface area contributed by atoms with Gasteiger partial charge in [0.25, 0.3) is 15.9 Å². The quantitative estimate of drug-likeness (QED) is 0.0569. The number of anilines is 3. The van der Waals surface area contributed by atoms with Gasteiger partial charge in [-0.25, -0.2) is 22.3 Å². The molecule has 68 heavy (non-hydrogen) atoms. The molecule has 2 heterocycles. The summed E-state index contributed by atoms with van der Waals surface area (Å²) in [6, 6.07) is 22.8. The van der Waals surface area contributed by atoms with Crippen LogP contribution in [0.3, 0.4) is 0 Å². The molecule has 0 aromatic heterocycles. The highest BCUT2D eigenvalue weighted by Crippen LogP contribution is 2.34. The first-order valence-corrected chi connectivity index (χ1v) is 24.2. The van der Waals surface area contributed by atoms with Gasteiger partial charge in [-0.05, 0) is 122 Å². The minimum absolute atomic E-state index is 0.0379. The molecular formula is C49H61N9O9S. The van der Waals surface area contributed by atoms with Crippen LogP contribution in [0.15, 0.2) is 102 Å². The second kappa shape index (κ2) is 22.8. The van der Waals surface area contributed by atoms with Gasteiger partial charge in [0, 0.05) is 29.2 Å². The summed E-state index contributed by atoms with van der Waals surface area (Å²) in [5.74, 6) is -1.74. The van der Waals surface area contributed by atoms with E-state index < -0.39 is 64.0 Å². The van der Waals surface area contributed by atoms with Gasteiger partial charge >= 0.3 is 12.1 Å². The maximum atomic E-state index is 13.6. The van der Waals surface area contributed by atoms with Crippen molar-refractivity contribution < 1.29 is 41.9 Å². The standard InChI is InChI=1S/C49H61N9O9S/c1-30(2)26-40(55-46(61)43(51)31(3)4)45(60)54-39(12-8-9-24-50)44(59)52-36-17-13-32(14-18-36)29-67-49(64)53-37-19-15-34(16-20-37)47(62)57-25-23-35-27-38(21-22-42(35)57)68(65,66)58-28-41(56-48(58)63)33-10-6-5-7-11-33/h5-7,10-11,13-22,27,30-31,39-41,43H,8-9,12,23-26,28-29,50-51H2,1-4H3,(H,52,59)(H,53,64)(H,54,60)(H,55,61)(H,56,63)/t39-,40-,41-,43+/m0/s1. The number of nitrogens with two attached hydrogens (primary N) is 2. The number of ether oxygens (including phenoxy) is 1. The fraction of sp³-hybridized carbons (Fsp3) is 0.388. The molecule has 4 aromatic carbocycles. The molecule has 0 spiro atoms. The molecule has 9 N–H and O–H groups in total. The van der Waals surface area contributed by atoms with E-state index in [-0.39, 0.29) is 35.8 Å². The molecule has 0 bridgehead atoms. The summed E-state index contributed by atoms with van der Waals surface area (Å²) >= 11 is 0. The summed E-state index contributed by atoms with van der Waals surface area (Å²) in [7, 11) is -4.17. The van der Waals surface area contributed by atoms with Gasteiger partial charge in [0.1, 0.15) is 18.7 Å². The number of amides is 7. The maximum absolute atomic E-state index is 13.6. The number of carbonyl (C=O) groups is 6. The number of nitrogens with zero attached hydrogens (tertiary/aromatic N) is 2. The average molecular weight is 952 g/mol. The van der Waals surface area contributed by atoms with Crippen LogP contribution in [0.2, 0.25) is 0 Å². The molecule has 19 heteroatoms. The first-order chi connectivity index (χ1) is 32.4. The normalized spacial score (nSPS) is 15.8. The third-order valence-corrected chi connectivity index (χ3v) is 13.5. The molecule has 0 unspecified atom stereocenters. The SMILES string of the molecule is CC(C)C[C@H](NC(=O)[C@H](N)C(C)C)C(=O)N[C@@H](CCCCN)C(=O)Nc1ccc(COC(=O)Nc2ccc(C(=O)N3CCc4cc(S(=O)(=O)N5C[C@@H](c6ccccc6)NC5=O)ccc43)cc2)cc1. The predicted octanol–water partition coefficient (Wildman–Crippen LogP) is 5.16. The average Bonchev–Trinajstić information content (AvgIpc) is 3.94. The van der Waals surface area contributed by atoms with Crippen LogP contribution < -0.4 is 43.0 Å². The number of nitrogens with one attached hydrogen (secondary N) is 5. The zero-order chi connectivity index (χ0) is 49.1. The zero-order valence-corrected chi connectivity index (χ0v) is 39.5. The smallest absolute Gasteiger partial charge is 0.411 e. The Morgan fingerprint density at radius 2 is 1.47 bits per heavy atom. The Kier molecular flexibility index (Phi) is 16.9. The number of hydrogen-bond acceptors (Lipinski definition) is 11. The Morgan fingerprint density at radius 1 is 0.809 bits per heavy atom. The van der Waals surface area contributed by atoms with Crippen LogP contribution in [0, 0.1) is 11.8 Å². The fourth-order valence-corrected chi connectivity index (χ4v) is 9.25. The highest BCUT2D eigenvalue weighted by atomic mass is 32.2. The monoisotopic (exact) mass is 951 g/mol. The Labute approximate surface area is 397 Å². The van der Waals surface area contributed by atoms with Gasteiger partial charge in [0.05, 0.1) is 23.5 Å². The highest BCUT2D eigenvalue weighted by molar-refractivity contribution is 7.89. The summed E-state index contributed by atoms with van der Waals surface area (Å²) in [6.07, 6.45) is 1.59. The van der Waals surface area contributed by atoms with Crippen molar-refractivity contribution in [3.8, 4) is 0 Å². The van der Waals surface area contributed by atoms with Gasteiger partial charge in [-0.15, -0.1) is 0 Å². The van der Waals surface area contributed by atoms with Crippen molar-refractivity contribution in [1.29, 1.82) is 0 Å². The van der Waals surface area contributed by atoms with Crippen molar-refractivity contribution in [3.05, 3.63) is 119 Å². The number of sulfonamides is 1. The van der Waals surface area contributed by atoms with Crippen LogP contribution in [0.4, 0.5) is 26.7 Å². The molecule has 2 aliphatic heterocycles. The lowest BCUT2D eigenvalue weighted by atomic mass is 10.00. The molecule has 4 aromatic rings. The van der Waals surface area contributed by atoms with Gasteiger partial charge < -0.3 is 42.4 Å². The third-order valence-electron chi connectivity index (χ3n) is 11.8. The summed E-state index contributed by atoms with van der Waals surface area (Å²) in [5.41, 5.74) is 15.6. The van der Waals surface area contributed by atoms with E-state index in [4.69, 9.17) is 16.2 Å². The van der Waals surface area contributed by atoms with Crippen LogP contribution in [0.25, 0.3) is 0 Å². The molecule has 2 aliphatic rings. The highest BCUT2D eigenvalue weighted by Gasteiger charge is 2.39. The Hall–Kier alpha value is -6.83. The van der Waals surface area contributed by atoms with Crippen molar-refractivity contribution in [2.24, 2.45) is 23.3 Å². The Morgan fingerprint density at radius 3 is 2.13 bits per heavy atom. The van der Waals surface area contributed by atoms with Crippen LogP contribution in [0.5, 0.6) is 0 Å². The molecule has 1 saturated heterocycles. The van der Waals surface area contributed by atoms with E-state index in [0.717, 1.165) is 9.87 Å². The number of fused-ring (bicyclic) bond motifs is 1. The number of hydrogen-bond donors (Lipinski definition) is 7. The van der Waals surface area contributed by atoms with Crippen molar-refractivity contribution in [2.45, 2.75) is 95.5 Å². The van der Waals surface area contributed by atoms with Gasteiger partial charge in [-0.1, -0.05) is 70.2 Å². The van der Waals surface area contributed by atoms with Crippen LogP contribution in [-0.2, 0) is 42.2 Å². The molecule has 0 radical (unpaired) electrons. The van der Waals surface area contributed by atoms with Gasteiger partial charge in [0.15, 0.2) is 0 Å². The largest absolute Gasteiger partial charge is 0.444 e. The predicted molar refractivity (Wildman–Crippen MR) is 258 cm³/mol. The topological polar surface area (TPSA) is 264 Å². The molecule has 362 valence electrons.